The van der Waals surface area contributed by atoms with Gasteiger partial charge in [0, 0.05) is 24.7 Å². The average Bonchev–Trinajstić information content (AvgIpc) is 2.92. The molecule has 0 aliphatic heterocycles. The van der Waals surface area contributed by atoms with Crippen molar-refractivity contribution in [2.24, 2.45) is 0 Å². The summed E-state index contributed by atoms with van der Waals surface area (Å²) in [4.78, 5) is 13.2. The summed E-state index contributed by atoms with van der Waals surface area (Å²) in [5.74, 6) is -1.99. The van der Waals surface area contributed by atoms with Gasteiger partial charge in [-0.25, -0.2) is 17.2 Å². The second-order valence-corrected chi connectivity index (χ2v) is 12.1. The molecule has 0 bridgehead atoms. The van der Waals surface area contributed by atoms with Crippen molar-refractivity contribution in [3.05, 3.63) is 101 Å². The van der Waals surface area contributed by atoms with Gasteiger partial charge in [-0.05, 0) is 72.4 Å². The lowest BCUT2D eigenvalue weighted by molar-refractivity contribution is 0.0829. The highest BCUT2D eigenvalue weighted by Gasteiger charge is 2.23. The van der Waals surface area contributed by atoms with Gasteiger partial charge in [0.1, 0.15) is 11.6 Å². The standard InChI is InChI=1S/C31H38F2N2O4S/c1-3-5-6-14-40(38,39)28-12-10-25(11-13-28)31(37)35-29(18-24-16-26(32)19-27(33)17-24)30(36)21-34-20-23-9-7-8-22(4-2)15-23/h7-13,15-17,19,29-30,34,36H,3-6,14,18,20-21H2,1-2H3,(H,35,37)/t29-,30+/m0/s1. The van der Waals surface area contributed by atoms with Gasteiger partial charge in [-0.15, -0.1) is 0 Å². The molecule has 3 N–H and O–H groups in total. The number of hydrogen-bond acceptors (Lipinski definition) is 5. The summed E-state index contributed by atoms with van der Waals surface area (Å²) in [6.45, 7) is 4.68. The average molecular weight is 573 g/mol. The van der Waals surface area contributed by atoms with E-state index < -0.39 is 39.5 Å². The Morgan fingerprint density at radius 1 is 0.900 bits per heavy atom. The van der Waals surface area contributed by atoms with E-state index in [1.165, 1.54) is 29.8 Å². The largest absolute Gasteiger partial charge is 0.390 e. The Morgan fingerprint density at radius 2 is 1.57 bits per heavy atom. The molecule has 0 radical (unpaired) electrons. The maximum Gasteiger partial charge on any atom is 0.251 e. The number of aliphatic hydroxyl groups excluding tert-OH is 1. The summed E-state index contributed by atoms with van der Waals surface area (Å²) >= 11 is 0. The summed E-state index contributed by atoms with van der Waals surface area (Å²) in [5, 5.41) is 16.9. The van der Waals surface area contributed by atoms with Crippen LogP contribution in [0.1, 0.15) is 60.2 Å². The number of amides is 1. The fourth-order valence-electron chi connectivity index (χ4n) is 4.46. The number of aliphatic hydroxyl groups is 1. The highest BCUT2D eigenvalue weighted by atomic mass is 32.2. The van der Waals surface area contributed by atoms with Crippen LogP contribution in [0.3, 0.4) is 0 Å². The lowest BCUT2D eigenvalue weighted by Crippen LogP contribution is -2.48. The van der Waals surface area contributed by atoms with Crippen LogP contribution in [-0.2, 0) is 29.2 Å². The third-order valence-electron chi connectivity index (χ3n) is 6.73. The van der Waals surface area contributed by atoms with Crippen LogP contribution in [0.2, 0.25) is 0 Å². The van der Waals surface area contributed by atoms with Gasteiger partial charge in [-0.1, -0.05) is 51.0 Å². The van der Waals surface area contributed by atoms with Crippen LogP contribution in [0.15, 0.2) is 71.6 Å². The molecular weight excluding hydrogens is 534 g/mol. The van der Waals surface area contributed by atoms with Gasteiger partial charge in [0.05, 0.1) is 22.8 Å². The van der Waals surface area contributed by atoms with E-state index in [0.717, 1.165) is 43.0 Å². The molecule has 9 heteroatoms. The Morgan fingerprint density at radius 3 is 2.23 bits per heavy atom. The molecule has 0 fully saturated rings. The lowest BCUT2D eigenvalue weighted by atomic mass is 10.00. The highest BCUT2D eigenvalue weighted by Crippen LogP contribution is 2.16. The quantitative estimate of drug-likeness (QED) is 0.223. The van der Waals surface area contributed by atoms with E-state index in [1.54, 1.807) is 0 Å². The first kappa shape index (κ1) is 31.4. The minimum absolute atomic E-state index is 0.0154. The van der Waals surface area contributed by atoms with Crippen LogP contribution in [0, 0.1) is 11.6 Å². The monoisotopic (exact) mass is 572 g/mol. The fourth-order valence-corrected chi connectivity index (χ4v) is 5.83. The summed E-state index contributed by atoms with van der Waals surface area (Å²) in [5.41, 5.74) is 2.73. The third-order valence-corrected chi connectivity index (χ3v) is 8.55. The van der Waals surface area contributed by atoms with Crippen molar-refractivity contribution in [1.29, 1.82) is 0 Å². The zero-order chi connectivity index (χ0) is 29.1. The third kappa shape index (κ3) is 9.50. The van der Waals surface area contributed by atoms with E-state index in [4.69, 9.17) is 0 Å². The first-order valence-electron chi connectivity index (χ1n) is 13.7. The van der Waals surface area contributed by atoms with Gasteiger partial charge >= 0.3 is 0 Å². The molecule has 0 heterocycles. The predicted molar refractivity (Wildman–Crippen MR) is 153 cm³/mol. The minimum atomic E-state index is -3.45. The molecule has 2 atom stereocenters. The van der Waals surface area contributed by atoms with Crippen LogP contribution >= 0.6 is 0 Å². The molecule has 3 aromatic rings. The maximum atomic E-state index is 13.8. The predicted octanol–water partition coefficient (Wildman–Crippen LogP) is 4.98. The topological polar surface area (TPSA) is 95.5 Å². The van der Waals surface area contributed by atoms with E-state index in [1.807, 2.05) is 25.1 Å². The van der Waals surface area contributed by atoms with Gasteiger partial charge in [-0.3, -0.25) is 4.79 Å². The number of halogens is 2. The zero-order valence-corrected chi connectivity index (χ0v) is 23.8. The first-order chi connectivity index (χ1) is 19.1. The number of benzene rings is 3. The normalized spacial score (nSPS) is 13.1. The second kappa shape index (κ2) is 15.0. The van der Waals surface area contributed by atoms with Crippen molar-refractivity contribution in [2.75, 3.05) is 12.3 Å². The molecule has 3 rings (SSSR count). The van der Waals surface area contributed by atoms with Crippen molar-refractivity contribution < 1.29 is 27.1 Å². The first-order valence-corrected chi connectivity index (χ1v) is 15.3. The summed E-state index contributed by atoms with van der Waals surface area (Å²) < 4.78 is 52.8. The number of unbranched alkanes of at least 4 members (excludes halogenated alkanes) is 2. The van der Waals surface area contributed by atoms with Crippen molar-refractivity contribution >= 4 is 15.7 Å². The minimum Gasteiger partial charge on any atom is -0.390 e. The molecule has 216 valence electrons. The molecule has 0 unspecified atom stereocenters. The van der Waals surface area contributed by atoms with Crippen LogP contribution in [0.25, 0.3) is 0 Å². The molecule has 3 aromatic carbocycles. The van der Waals surface area contributed by atoms with E-state index >= 15 is 0 Å². The zero-order valence-electron chi connectivity index (χ0n) is 23.0. The van der Waals surface area contributed by atoms with E-state index in [9.17, 15) is 27.1 Å². The van der Waals surface area contributed by atoms with E-state index in [0.29, 0.717) is 13.0 Å². The smallest absolute Gasteiger partial charge is 0.251 e. The maximum absolute atomic E-state index is 13.8. The summed E-state index contributed by atoms with van der Waals surface area (Å²) in [7, 11) is -3.45. The van der Waals surface area contributed by atoms with E-state index in [-0.39, 0.29) is 34.7 Å². The Labute approximate surface area is 235 Å². The Hall–Kier alpha value is -3.14. The van der Waals surface area contributed by atoms with E-state index in [2.05, 4.69) is 23.6 Å². The number of aryl methyl sites for hydroxylation is 1. The highest BCUT2D eigenvalue weighted by molar-refractivity contribution is 7.91. The molecule has 0 aliphatic carbocycles. The summed E-state index contributed by atoms with van der Waals surface area (Å²) in [6.07, 6.45) is 2.10. The van der Waals surface area contributed by atoms with Gasteiger partial charge in [0.25, 0.3) is 5.91 Å². The molecule has 0 aliphatic rings. The van der Waals surface area contributed by atoms with Gasteiger partial charge in [-0.2, -0.15) is 0 Å². The summed E-state index contributed by atoms with van der Waals surface area (Å²) in [6, 6.07) is 15.9. The van der Waals surface area contributed by atoms with Crippen molar-refractivity contribution in [1.82, 2.24) is 10.6 Å². The lowest BCUT2D eigenvalue weighted by Gasteiger charge is -2.25. The molecular formula is C31H38F2N2O4S. The fraction of sp³-hybridized carbons (Fsp3) is 0.387. The number of sulfone groups is 1. The van der Waals surface area contributed by atoms with Crippen LogP contribution in [-0.4, -0.2) is 43.9 Å². The second-order valence-electron chi connectivity index (χ2n) is 9.98. The number of hydrogen-bond donors (Lipinski definition) is 3. The van der Waals surface area contributed by atoms with Gasteiger partial charge in [0.15, 0.2) is 9.84 Å². The number of rotatable bonds is 15. The number of nitrogens with one attached hydrogen (secondary N) is 2. The molecule has 0 spiro atoms. The van der Waals surface area contributed by atoms with Gasteiger partial charge < -0.3 is 15.7 Å². The van der Waals surface area contributed by atoms with Gasteiger partial charge in [0.2, 0.25) is 0 Å². The molecule has 0 saturated carbocycles. The van der Waals surface area contributed by atoms with Crippen LogP contribution in [0.5, 0.6) is 0 Å². The van der Waals surface area contributed by atoms with Crippen molar-refractivity contribution in [3.8, 4) is 0 Å². The SMILES string of the molecule is CCCCCS(=O)(=O)c1ccc(C(=O)N[C@@H](Cc2cc(F)cc(F)c2)[C@H](O)CNCc2cccc(CC)c2)cc1. The number of carbonyl (C=O) groups excluding carboxylic acids is 1. The molecule has 1 amide bonds. The Bertz CT molecular complexity index is 1340. The molecule has 40 heavy (non-hydrogen) atoms. The molecule has 0 saturated heterocycles. The van der Waals surface area contributed by atoms with Crippen molar-refractivity contribution in [2.45, 2.75) is 69.5 Å². The van der Waals surface area contributed by atoms with Crippen LogP contribution < -0.4 is 10.6 Å². The Kier molecular flexibility index (Phi) is 11.8. The number of carbonyl (C=O) groups is 1. The molecule has 0 aromatic heterocycles. The molecule has 6 nitrogen and oxygen atoms in total. The van der Waals surface area contributed by atoms with Crippen LogP contribution in [0.4, 0.5) is 8.78 Å². The van der Waals surface area contributed by atoms with Crippen molar-refractivity contribution in [3.63, 3.8) is 0 Å². The Balaban J connectivity index is 1.71.